The number of rotatable bonds is 10. The van der Waals surface area contributed by atoms with Gasteiger partial charge in [-0.3, -0.25) is 19.2 Å². The van der Waals surface area contributed by atoms with E-state index in [1.165, 1.54) is 11.8 Å². The molecule has 246 valence electrons. The zero-order valence-corrected chi connectivity index (χ0v) is 27.6. The van der Waals surface area contributed by atoms with Crippen molar-refractivity contribution < 1.29 is 23.8 Å². The first-order valence-corrected chi connectivity index (χ1v) is 16.9. The summed E-state index contributed by atoms with van der Waals surface area (Å²) in [6.07, 6.45) is 13.9. The maximum absolute atomic E-state index is 15.3. The third-order valence-corrected chi connectivity index (χ3v) is 11.4. The summed E-state index contributed by atoms with van der Waals surface area (Å²) in [6.45, 7) is 6.71. The highest BCUT2D eigenvalue weighted by Gasteiger charge is 2.51. The van der Waals surface area contributed by atoms with Crippen molar-refractivity contribution in [3.63, 3.8) is 0 Å². The molecule has 4 fully saturated rings. The molecule has 4 aliphatic carbocycles. The number of aromatic nitrogens is 3. The zero-order valence-electron chi connectivity index (χ0n) is 27.6. The van der Waals surface area contributed by atoms with Gasteiger partial charge >= 0.3 is 5.97 Å². The molecule has 1 N–H and O–H groups in total. The van der Waals surface area contributed by atoms with E-state index in [4.69, 9.17) is 4.74 Å². The van der Waals surface area contributed by atoms with Crippen LogP contribution in [0.3, 0.4) is 0 Å². The molecule has 3 aromatic rings. The summed E-state index contributed by atoms with van der Waals surface area (Å²) in [5, 5.41) is 13.7. The van der Waals surface area contributed by atoms with Gasteiger partial charge in [-0.15, -0.1) is 0 Å². The Kier molecular flexibility index (Phi) is 8.96. The van der Waals surface area contributed by atoms with E-state index in [9.17, 15) is 14.7 Å². The number of nitrogens with zero attached hydrogens (tertiary/aromatic N) is 4. The van der Waals surface area contributed by atoms with E-state index in [0.717, 1.165) is 62.7 Å². The Morgan fingerprint density at radius 2 is 1.76 bits per heavy atom. The Balaban J connectivity index is 1.27. The van der Waals surface area contributed by atoms with E-state index in [1.54, 1.807) is 24.1 Å². The Labute approximate surface area is 271 Å². The second-order valence-electron chi connectivity index (χ2n) is 14.5. The second kappa shape index (κ2) is 12.8. The lowest BCUT2D eigenvalue weighted by atomic mass is 9.51. The van der Waals surface area contributed by atoms with Crippen molar-refractivity contribution in [2.45, 2.75) is 103 Å². The van der Waals surface area contributed by atoms with Crippen LogP contribution in [-0.4, -0.2) is 45.4 Å². The van der Waals surface area contributed by atoms with Gasteiger partial charge in [0.2, 0.25) is 5.91 Å². The molecule has 46 heavy (non-hydrogen) atoms. The fourth-order valence-electron chi connectivity index (χ4n) is 8.39. The van der Waals surface area contributed by atoms with Crippen LogP contribution in [0.1, 0.15) is 102 Å². The van der Waals surface area contributed by atoms with Gasteiger partial charge in [0.25, 0.3) is 0 Å². The molecule has 4 aliphatic rings. The van der Waals surface area contributed by atoms with E-state index >= 15 is 4.39 Å². The van der Waals surface area contributed by atoms with Crippen LogP contribution in [0.25, 0.3) is 11.1 Å². The standard InChI is InChI=1S/C37H47FN4O4/c1-24(2)42-22-28(20-40-42)30-19-33(39-21-31(30)38)41(35(45)27-7-5-26(6-8-27)18-34(43)44)23-36-11-14-37(15-12-36,16-13-36)29-9-10-32(46-4)25(3)17-29/h9-10,17,19-22,24,26-27H,5-8,11-16,18,23H2,1-4H3,(H,43,44). The summed E-state index contributed by atoms with van der Waals surface area (Å²) in [7, 11) is 1.71. The summed E-state index contributed by atoms with van der Waals surface area (Å²) in [5.74, 6) is 0.0988. The van der Waals surface area contributed by atoms with Gasteiger partial charge in [0, 0.05) is 42.2 Å². The molecule has 0 radical (unpaired) electrons. The van der Waals surface area contributed by atoms with Crippen molar-refractivity contribution in [3.05, 3.63) is 59.8 Å². The van der Waals surface area contributed by atoms with Crippen molar-refractivity contribution in [2.24, 2.45) is 17.3 Å². The SMILES string of the molecule is COc1ccc(C23CCC(CN(C(=O)C4CCC(CC(=O)O)CC4)c4cc(-c5cnn(C(C)C)c5)c(F)cn4)(CC2)CC3)cc1C. The minimum atomic E-state index is -0.783. The topological polar surface area (TPSA) is 97.5 Å². The highest BCUT2D eigenvalue weighted by Crippen LogP contribution is 2.58. The van der Waals surface area contributed by atoms with Crippen LogP contribution >= 0.6 is 0 Å². The first-order valence-electron chi connectivity index (χ1n) is 16.9. The average Bonchev–Trinajstić information content (AvgIpc) is 3.55. The van der Waals surface area contributed by atoms with E-state index in [-0.39, 0.29) is 41.0 Å². The number of pyridine rings is 1. The Morgan fingerprint density at radius 1 is 1.07 bits per heavy atom. The molecule has 7 rings (SSSR count). The summed E-state index contributed by atoms with van der Waals surface area (Å²) in [4.78, 5) is 32.1. The fraction of sp³-hybridized carbons (Fsp3) is 0.568. The van der Waals surface area contributed by atoms with Crippen molar-refractivity contribution in [1.82, 2.24) is 14.8 Å². The van der Waals surface area contributed by atoms with Gasteiger partial charge in [-0.1, -0.05) is 12.1 Å². The number of carbonyl (C=O) groups excluding carboxylic acids is 1. The molecule has 1 amide bonds. The molecule has 9 heteroatoms. The summed E-state index contributed by atoms with van der Waals surface area (Å²) in [6, 6.07) is 8.46. The number of methoxy groups -OCH3 is 1. The van der Waals surface area contributed by atoms with E-state index in [1.807, 2.05) is 24.9 Å². The van der Waals surface area contributed by atoms with Gasteiger partial charge in [-0.2, -0.15) is 5.10 Å². The number of aliphatic carboxylic acids is 1. The molecule has 8 nitrogen and oxygen atoms in total. The molecule has 0 unspecified atom stereocenters. The third kappa shape index (κ3) is 6.29. The lowest BCUT2D eigenvalue weighted by molar-refractivity contribution is -0.138. The van der Waals surface area contributed by atoms with Gasteiger partial charge in [0.15, 0.2) is 0 Å². The van der Waals surface area contributed by atoms with Crippen LogP contribution in [0, 0.1) is 30.0 Å². The molecule has 2 bridgehead atoms. The van der Waals surface area contributed by atoms with Crippen molar-refractivity contribution >= 4 is 17.7 Å². The molecular formula is C37H47FN4O4. The molecule has 4 saturated carbocycles. The average molecular weight is 631 g/mol. The predicted octanol–water partition coefficient (Wildman–Crippen LogP) is 7.89. The maximum atomic E-state index is 15.3. The number of fused-ring (bicyclic) bond motifs is 3. The van der Waals surface area contributed by atoms with E-state index in [2.05, 4.69) is 35.2 Å². The molecular weight excluding hydrogens is 583 g/mol. The lowest BCUT2D eigenvalue weighted by Crippen LogP contribution is -2.52. The predicted molar refractivity (Wildman–Crippen MR) is 175 cm³/mol. The van der Waals surface area contributed by atoms with E-state index in [0.29, 0.717) is 36.3 Å². The number of hydrogen-bond donors (Lipinski definition) is 1. The monoisotopic (exact) mass is 630 g/mol. The third-order valence-electron chi connectivity index (χ3n) is 11.4. The number of ether oxygens (including phenoxy) is 1. The Hall–Kier alpha value is -3.75. The molecule has 2 heterocycles. The lowest BCUT2D eigenvalue weighted by Gasteiger charge is -2.55. The number of carboxylic acids is 1. The number of anilines is 1. The van der Waals surface area contributed by atoms with Crippen LogP contribution in [-0.2, 0) is 15.0 Å². The van der Waals surface area contributed by atoms with Gasteiger partial charge in [0.05, 0.1) is 19.5 Å². The van der Waals surface area contributed by atoms with Crippen molar-refractivity contribution in [1.29, 1.82) is 0 Å². The van der Waals surface area contributed by atoms with Crippen molar-refractivity contribution in [3.8, 4) is 16.9 Å². The largest absolute Gasteiger partial charge is 0.496 e. The fourth-order valence-corrected chi connectivity index (χ4v) is 8.39. The molecule has 0 atom stereocenters. The normalized spacial score (nSPS) is 25.9. The maximum Gasteiger partial charge on any atom is 0.303 e. The Bertz CT molecular complexity index is 1570. The second-order valence-corrected chi connectivity index (χ2v) is 14.5. The summed E-state index contributed by atoms with van der Waals surface area (Å²) < 4.78 is 22.6. The minimum absolute atomic E-state index is 0.0271. The van der Waals surface area contributed by atoms with E-state index < -0.39 is 11.8 Å². The Morgan fingerprint density at radius 3 is 2.35 bits per heavy atom. The molecule has 1 aromatic carbocycles. The van der Waals surface area contributed by atoms with Crippen molar-refractivity contribution in [2.75, 3.05) is 18.6 Å². The number of aryl methyl sites for hydroxylation is 1. The first-order chi connectivity index (χ1) is 22.0. The number of carboxylic acid groups (broad SMARTS) is 1. The van der Waals surface area contributed by atoms with Gasteiger partial charge in [-0.05, 0) is 125 Å². The number of carbonyl (C=O) groups is 2. The first kappa shape index (κ1) is 32.2. The van der Waals surface area contributed by atoms with Crippen LogP contribution in [0.2, 0.25) is 0 Å². The minimum Gasteiger partial charge on any atom is -0.496 e. The summed E-state index contributed by atoms with van der Waals surface area (Å²) >= 11 is 0. The molecule has 0 spiro atoms. The zero-order chi connectivity index (χ0) is 32.6. The number of halogens is 1. The number of amides is 1. The molecule has 2 aromatic heterocycles. The smallest absolute Gasteiger partial charge is 0.303 e. The number of benzene rings is 1. The highest BCUT2D eigenvalue weighted by molar-refractivity contribution is 5.95. The van der Waals surface area contributed by atoms with Crippen LogP contribution in [0.5, 0.6) is 5.75 Å². The number of hydrogen-bond acceptors (Lipinski definition) is 5. The van der Waals surface area contributed by atoms with Crippen LogP contribution < -0.4 is 9.64 Å². The van der Waals surface area contributed by atoms with Crippen LogP contribution in [0.4, 0.5) is 10.2 Å². The molecule has 0 saturated heterocycles. The molecule has 0 aliphatic heterocycles. The highest BCUT2D eigenvalue weighted by atomic mass is 19.1. The van der Waals surface area contributed by atoms with Crippen LogP contribution in [0.15, 0.2) is 42.9 Å². The van der Waals surface area contributed by atoms with Gasteiger partial charge in [0.1, 0.15) is 17.4 Å². The summed E-state index contributed by atoms with van der Waals surface area (Å²) in [5.41, 5.74) is 3.70. The quantitative estimate of drug-likeness (QED) is 0.245. The van der Waals surface area contributed by atoms with Gasteiger partial charge in [-0.25, -0.2) is 9.37 Å². The van der Waals surface area contributed by atoms with Gasteiger partial charge < -0.3 is 9.84 Å².